The zero-order valence-corrected chi connectivity index (χ0v) is 9.84. The van der Waals surface area contributed by atoms with Crippen LogP contribution in [0, 0.1) is 0 Å². The predicted octanol–water partition coefficient (Wildman–Crippen LogP) is 2.45. The SMILES string of the molecule is COc1c(Cl)ccc(C(C)CO)c1OC. The Balaban J connectivity index is 3.28. The molecule has 84 valence electrons. The molecule has 0 heterocycles. The molecule has 1 aromatic carbocycles. The standard InChI is InChI=1S/C11H15ClO3/c1-7(6-13)8-4-5-9(12)11(15-3)10(8)14-2/h4-5,7,13H,6H2,1-3H3. The summed E-state index contributed by atoms with van der Waals surface area (Å²) < 4.78 is 10.4. The second kappa shape index (κ2) is 5.24. The molecule has 0 amide bonds. The van der Waals surface area contributed by atoms with Crippen molar-refractivity contribution in [2.75, 3.05) is 20.8 Å². The van der Waals surface area contributed by atoms with E-state index >= 15 is 0 Å². The number of halogens is 1. The van der Waals surface area contributed by atoms with E-state index < -0.39 is 0 Å². The van der Waals surface area contributed by atoms with Crippen LogP contribution in [-0.4, -0.2) is 25.9 Å². The Bertz CT molecular complexity index is 339. The highest BCUT2D eigenvalue weighted by Crippen LogP contribution is 2.40. The van der Waals surface area contributed by atoms with Crippen molar-refractivity contribution < 1.29 is 14.6 Å². The molecule has 1 unspecified atom stereocenters. The maximum absolute atomic E-state index is 9.11. The van der Waals surface area contributed by atoms with E-state index in [0.29, 0.717) is 16.5 Å². The van der Waals surface area contributed by atoms with Crippen molar-refractivity contribution in [3.63, 3.8) is 0 Å². The first-order valence-corrected chi connectivity index (χ1v) is 5.04. The zero-order chi connectivity index (χ0) is 11.4. The minimum atomic E-state index is -0.00823. The fourth-order valence-electron chi connectivity index (χ4n) is 1.44. The molecule has 0 spiro atoms. The highest BCUT2D eigenvalue weighted by Gasteiger charge is 2.17. The second-order valence-electron chi connectivity index (χ2n) is 3.29. The number of ether oxygens (including phenoxy) is 2. The van der Waals surface area contributed by atoms with Crippen molar-refractivity contribution in [2.45, 2.75) is 12.8 Å². The van der Waals surface area contributed by atoms with Gasteiger partial charge in [-0.1, -0.05) is 24.6 Å². The highest BCUT2D eigenvalue weighted by atomic mass is 35.5. The van der Waals surface area contributed by atoms with Gasteiger partial charge in [0.25, 0.3) is 0 Å². The molecule has 0 saturated carbocycles. The topological polar surface area (TPSA) is 38.7 Å². The molecular formula is C11H15ClO3. The van der Waals surface area contributed by atoms with Crippen molar-refractivity contribution in [1.29, 1.82) is 0 Å². The number of hydrogen-bond acceptors (Lipinski definition) is 3. The van der Waals surface area contributed by atoms with E-state index in [1.54, 1.807) is 13.2 Å². The van der Waals surface area contributed by atoms with Crippen molar-refractivity contribution in [2.24, 2.45) is 0 Å². The van der Waals surface area contributed by atoms with Gasteiger partial charge in [-0.25, -0.2) is 0 Å². The first-order valence-electron chi connectivity index (χ1n) is 4.66. The molecule has 1 aromatic rings. The molecule has 0 fully saturated rings. The molecule has 0 aliphatic rings. The van der Waals surface area contributed by atoms with Gasteiger partial charge < -0.3 is 14.6 Å². The lowest BCUT2D eigenvalue weighted by atomic mass is 10.0. The number of hydrogen-bond donors (Lipinski definition) is 1. The van der Waals surface area contributed by atoms with Crippen LogP contribution in [0.1, 0.15) is 18.4 Å². The first-order chi connectivity index (χ1) is 7.15. The maximum Gasteiger partial charge on any atom is 0.179 e. The fourth-order valence-corrected chi connectivity index (χ4v) is 1.67. The van der Waals surface area contributed by atoms with Crippen molar-refractivity contribution in [3.8, 4) is 11.5 Å². The normalized spacial score (nSPS) is 12.3. The molecule has 1 atom stereocenters. The smallest absolute Gasteiger partial charge is 0.179 e. The van der Waals surface area contributed by atoms with Crippen LogP contribution >= 0.6 is 11.6 Å². The van der Waals surface area contributed by atoms with Gasteiger partial charge in [0.2, 0.25) is 0 Å². The van der Waals surface area contributed by atoms with Crippen molar-refractivity contribution >= 4 is 11.6 Å². The first kappa shape index (κ1) is 12.1. The number of methoxy groups -OCH3 is 2. The van der Waals surface area contributed by atoms with Crippen LogP contribution in [0.2, 0.25) is 5.02 Å². The van der Waals surface area contributed by atoms with E-state index in [0.717, 1.165) is 5.56 Å². The van der Waals surface area contributed by atoms with Gasteiger partial charge in [0.05, 0.1) is 19.2 Å². The molecule has 0 aromatic heterocycles. The lowest BCUT2D eigenvalue weighted by Gasteiger charge is -2.17. The molecule has 15 heavy (non-hydrogen) atoms. The molecular weight excluding hydrogens is 216 g/mol. The largest absolute Gasteiger partial charge is 0.493 e. The van der Waals surface area contributed by atoms with Crippen LogP contribution in [0.4, 0.5) is 0 Å². The third-order valence-corrected chi connectivity index (χ3v) is 2.61. The van der Waals surface area contributed by atoms with Gasteiger partial charge in [-0.3, -0.25) is 0 Å². The number of benzene rings is 1. The number of rotatable bonds is 4. The third kappa shape index (κ3) is 2.36. The summed E-state index contributed by atoms with van der Waals surface area (Å²) in [5, 5.41) is 9.61. The summed E-state index contributed by atoms with van der Waals surface area (Å²) in [5.74, 6) is 1.09. The molecule has 0 aliphatic carbocycles. The van der Waals surface area contributed by atoms with E-state index in [4.69, 9.17) is 26.2 Å². The van der Waals surface area contributed by atoms with E-state index in [2.05, 4.69) is 0 Å². The number of aliphatic hydroxyl groups is 1. The van der Waals surface area contributed by atoms with Gasteiger partial charge >= 0.3 is 0 Å². The van der Waals surface area contributed by atoms with Gasteiger partial charge in [0.15, 0.2) is 11.5 Å². The van der Waals surface area contributed by atoms with Crippen molar-refractivity contribution in [1.82, 2.24) is 0 Å². The maximum atomic E-state index is 9.11. The minimum absolute atomic E-state index is 0.00823. The van der Waals surface area contributed by atoms with Gasteiger partial charge in [-0.2, -0.15) is 0 Å². The third-order valence-electron chi connectivity index (χ3n) is 2.31. The van der Waals surface area contributed by atoms with Crippen LogP contribution in [0.15, 0.2) is 12.1 Å². The molecule has 3 nitrogen and oxygen atoms in total. The Kier molecular flexibility index (Phi) is 4.24. The van der Waals surface area contributed by atoms with Gasteiger partial charge in [0.1, 0.15) is 0 Å². The van der Waals surface area contributed by atoms with E-state index in [9.17, 15) is 0 Å². The van der Waals surface area contributed by atoms with Gasteiger partial charge in [-0.05, 0) is 6.07 Å². The molecule has 0 radical (unpaired) electrons. The average Bonchev–Trinajstić information content (AvgIpc) is 2.27. The summed E-state index contributed by atoms with van der Waals surface area (Å²) in [5.41, 5.74) is 0.890. The van der Waals surface area contributed by atoms with Gasteiger partial charge in [0, 0.05) is 18.1 Å². The summed E-state index contributed by atoms with van der Waals surface area (Å²) in [4.78, 5) is 0. The Labute approximate surface area is 94.6 Å². The predicted molar refractivity (Wildman–Crippen MR) is 60.1 cm³/mol. The molecule has 0 aliphatic heterocycles. The quantitative estimate of drug-likeness (QED) is 0.864. The summed E-state index contributed by atoms with van der Waals surface area (Å²) in [7, 11) is 3.10. The van der Waals surface area contributed by atoms with Crippen LogP contribution in [0.5, 0.6) is 11.5 Å². The van der Waals surface area contributed by atoms with Crippen LogP contribution in [0.3, 0.4) is 0 Å². The lowest BCUT2D eigenvalue weighted by molar-refractivity contribution is 0.268. The van der Waals surface area contributed by atoms with E-state index in [1.807, 2.05) is 13.0 Å². The average molecular weight is 231 g/mol. The van der Waals surface area contributed by atoms with E-state index in [1.165, 1.54) is 7.11 Å². The summed E-state index contributed by atoms with van der Waals surface area (Å²) in [6.07, 6.45) is 0. The highest BCUT2D eigenvalue weighted by molar-refractivity contribution is 6.32. The van der Waals surface area contributed by atoms with Crippen LogP contribution in [-0.2, 0) is 0 Å². The Morgan fingerprint density at radius 1 is 1.27 bits per heavy atom. The number of aliphatic hydroxyl groups excluding tert-OH is 1. The van der Waals surface area contributed by atoms with Crippen LogP contribution < -0.4 is 9.47 Å². The van der Waals surface area contributed by atoms with Gasteiger partial charge in [-0.15, -0.1) is 0 Å². The molecule has 1 rings (SSSR count). The fraction of sp³-hybridized carbons (Fsp3) is 0.455. The molecule has 0 bridgehead atoms. The summed E-state index contributed by atoms with van der Waals surface area (Å²) in [6.45, 7) is 1.96. The minimum Gasteiger partial charge on any atom is -0.493 e. The van der Waals surface area contributed by atoms with Crippen LogP contribution in [0.25, 0.3) is 0 Å². The Morgan fingerprint density at radius 3 is 2.33 bits per heavy atom. The molecule has 1 N–H and O–H groups in total. The van der Waals surface area contributed by atoms with E-state index in [-0.39, 0.29) is 12.5 Å². The second-order valence-corrected chi connectivity index (χ2v) is 3.69. The summed E-state index contributed by atoms with van der Waals surface area (Å²) >= 11 is 5.96. The lowest BCUT2D eigenvalue weighted by Crippen LogP contribution is -2.03. The molecule has 4 heteroatoms. The van der Waals surface area contributed by atoms with Crippen molar-refractivity contribution in [3.05, 3.63) is 22.7 Å². The zero-order valence-electron chi connectivity index (χ0n) is 9.08. The molecule has 0 saturated heterocycles. The Morgan fingerprint density at radius 2 is 1.87 bits per heavy atom. The monoisotopic (exact) mass is 230 g/mol. The summed E-state index contributed by atoms with van der Waals surface area (Å²) in [6, 6.07) is 3.58. The Hall–Kier alpha value is -0.930.